The largest absolute Gasteiger partial charge is 0.481 e. The van der Waals surface area contributed by atoms with Crippen molar-refractivity contribution in [1.82, 2.24) is 10.6 Å². The average Bonchev–Trinajstić information content (AvgIpc) is 2.65. The average molecular weight is 374 g/mol. The van der Waals surface area contributed by atoms with Crippen molar-refractivity contribution < 1.29 is 19.5 Å². The van der Waals surface area contributed by atoms with E-state index in [9.17, 15) is 14.4 Å². The van der Waals surface area contributed by atoms with Crippen LogP contribution in [0.2, 0.25) is 0 Å². The van der Waals surface area contributed by atoms with E-state index in [0.29, 0.717) is 24.4 Å². The van der Waals surface area contributed by atoms with Crippen LogP contribution in [0.5, 0.6) is 0 Å². The molecule has 0 heterocycles. The van der Waals surface area contributed by atoms with Crippen molar-refractivity contribution >= 4 is 17.8 Å². The lowest BCUT2D eigenvalue weighted by molar-refractivity contribution is -0.137. The van der Waals surface area contributed by atoms with Gasteiger partial charge in [-0.3, -0.25) is 14.4 Å². The topological polar surface area (TPSA) is 95.5 Å². The molecule has 0 aliphatic heterocycles. The van der Waals surface area contributed by atoms with E-state index < -0.39 is 5.97 Å². The molecule has 6 heteroatoms. The first kappa shape index (κ1) is 20.9. The number of amides is 2. The highest BCUT2D eigenvalue weighted by molar-refractivity contribution is 5.94. The summed E-state index contributed by atoms with van der Waals surface area (Å²) in [7, 11) is 0. The van der Waals surface area contributed by atoms with Gasteiger partial charge in [0.2, 0.25) is 5.91 Å². The van der Waals surface area contributed by atoms with Crippen LogP contribution in [0.1, 0.15) is 74.2 Å². The Morgan fingerprint density at radius 1 is 1.11 bits per heavy atom. The summed E-state index contributed by atoms with van der Waals surface area (Å²) in [5.74, 6) is -0.536. The first-order valence-corrected chi connectivity index (χ1v) is 9.80. The van der Waals surface area contributed by atoms with Gasteiger partial charge in [0.05, 0.1) is 0 Å². The van der Waals surface area contributed by atoms with Crippen molar-refractivity contribution in [2.45, 2.75) is 70.9 Å². The molecule has 0 radical (unpaired) electrons. The lowest BCUT2D eigenvalue weighted by Gasteiger charge is -2.27. The lowest BCUT2D eigenvalue weighted by atomic mass is 9.84. The van der Waals surface area contributed by atoms with Gasteiger partial charge in [0, 0.05) is 31.5 Å². The predicted octanol–water partition coefficient (Wildman–Crippen LogP) is 3.26. The minimum absolute atomic E-state index is 0.0628. The summed E-state index contributed by atoms with van der Waals surface area (Å²) in [5, 5.41) is 14.8. The number of carbonyl (C=O) groups is 3. The molecule has 1 fully saturated rings. The third kappa shape index (κ3) is 7.81. The van der Waals surface area contributed by atoms with Crippen LogP contribution in [-0.4, -0.2) is 28.9 Å². The first-order chi connectivity index (χ1) is 12.9. The van der Waals surface area contributed by atoms with Crippen LogP contribution >= 0.6 is 0 Å². The van der Waals surface area contributed by atoms with Gasteiger partial charge in [-0.25, -0.2) is 0 Å². The minimum Gasteiger partial charge on any atom is -0.481 e. The number of carboxylic acids is 1. The molecule has 1 atom stereocenters. The number of carboxylic acid groups (broad SMARTS) is 1. The molecule has 0 bridgehead atoms. The second-order valence-corrected chi connectivity index (χ2v) is 7.45. The Labute approximate surface area is 160 Å². The molecule has 6 nitrogen and oxygen atoms in total. The zero-order valence-corrected chi connectivity index (χ0v) is 16.0. The van der Waals surface area contributed by atoms with E-state index in [4.69, 9.17) is 5.11 Å². The molecule has 2 rings (SSSR count). The summed E-state index contributed by atoms with van der Waals surface area (Å²) in [6.07, 6.45) is 7.41. The van der Waals surface area contributed by atoms with E-state index in [1.165, 1.54) is 26.2 Å². The second-order valence-electron chi connectivity index (χ2n) is 7.45. The van der Waals surface area contributed by atoms with Crippen molar-refractivity contribution in [1.29, 1.82) is 0 Å². The maximum Gasteiger partial charge on any atom is 0.303 e. The molecule has 3 N–H and O–H groups in total. The monoisotopic (exact) mass is 374 g/mol. The van der Waals surface area contributed by atoms with Crippen LogP contribution in [-0.2, 0) is 16.1 Å². The molecule has 1 aliphatic rings. The van der Waals surface area contributed by atoms with Gasteiger partial charge < -0.3 is 15.7 Å². The van der Waals surface area contributed by atoms with E-state index in [2.05, 4.69) is 10.6 Å². The Hall–Kier alpha value is -2.37. The van der Waals surface area contributed by atoms with Crippen molar-refractivity contribution in [3.8, 4) is 0 Å². The maximum atomic E-state index is 12.6. The molecule has 1 unspecified atom stereocenters. The SMILES string of the molecule is CC(=O)NCc1ccc(C(=O)NC(CCC(=O)O)CC2CCCCC2)cc1. The van der Waals surface area contributed by atoms with Gasteiger partial charge in [-0.2, -0.15) is 0 Å². The summed E-state index contributed by atoms with van der Waals surface area (Å²) in [6.45, 7) is 1.89. The molecule has 0 aromatic heterocycles. The van der Waals surface area contributed by atoms with Crippen molar-refractivity contribution in [3.05, 3.63) is 35.4 Å². The maximum absolute atomic E-state index is 12.6. The molecule has 1 aliphatic carbocycles. The van der Waals surface area contributed by atoms with Crippen LogP contribution in [0.3, 0.4) is 0 Å². The summed E-state index contributed by atoms with van der Waals surface area (Å²) >= 11 is 0. The van der Waals surface area contributed by atoms with E-state index in [-0.39, 0.29) is 24.3 Å². The zero-order chi connectivity index (χ0) is 19.6. The van der Waals surface area contributed by atoms with Gasteiger partial charge in [0.1, 0.15) is 0 Å². The lowest BCUT2D eigenvalue weighted by Crippen LogP contribution is -2.37. The van der Waals surface area contributed by atoms with Crippen LogP contribution in [0.4, 0.5) is 0 Å². The Morgan fingerprint density at radius 2 is 1.78 bits per heavy atom. The molecule has 0 spiro atoms. The number of benzene rings is 1. The number of hydrogen-bond acceptors (Lipinski definition) is 3. The smallest absolute Gasteiger partial charge is 0.303 e. The molecular weight excluding hydrogens is 344 g/mol. The highest BCUT2D eigenvalue weighted by Gasteiger charge is 2.21. The van der Waals surface area contributed by atoms with Gasteiger partial charge in [-0.15, -0.1) is 0 Å². The number of hydrogen-bond donors (Lipinski definition) is 3. The highest BCUT2D eigenvalue weighted by atomic mass is 16.4. The minimum atomic E-state index is -0.833. The van der Waals surface area contributed by atoms with Gasteiger partial charge in [-0.05, 0) is 36.5 Å². The summed E-state index contributed by atoms with van der Waals surface area (Å²) in [5.41, 5.74) is 1.47. The van der Waals surface area contributed by atoms with E-state index in [1.807, 2.05) is 12.1 Å². The van der Waals surface area contributed by atoms with Crippen molar-refractivity contribution in [2.24, 2.45) is 5.92 Å². The quantitative estimate of drug-likeness (QED) is 0.618. The molecule has 1 aromatic carbocycles. The van der Waals surface area contributed by atoms with Crippen LogP contribution in [0.25, 0.3) is 0 Å². The molecular formula is C21H30N2O4. The third-order valence-electron chi connectivity index (χ3n) is 5.14. The molecule has 2 amide bonds. The Kier molecular flexibility index (Phi) is 8.30. The van der Waals surface area contributed by atoms with E-state index in [1.54, 1.807) is 12.1 Å². The van der Waals surface area contributed by atoms with Crippen LogP contribution in [0.15, 0.2) is 24.3 Å². The number of aliphatic carboxylic acids is 1. The standard InChI is InChI=1S/C21H30N2O4/c1-15(24)22-14-17-7-9-18(10-8-17)21(27)23-19(11-12-20(25)26)13-16-5-3-2-4-6-16/h7-10,16,19H,2-6,11-14H2,1H3,(H,22,24)(H,23,27)(H,25,26). The van der Waals surface area contributed by atoms with Crippen LogP contribution < -0.4 is 10.6 Å². The zero-order valence-electron chi connectivity index (χ0n) is 16.0. The number of rotatable bonds is 9. The first-order valence-electron chi connectivity index (χ1n) is 9.80. The molecule has 1 saturated carbocycles. The summed E-state index contributed by atoms with van der Waals surface area (Å²) < 4.78 is 0. The summed E-state index contributed by atoms with van der Waals surface area (Å²) in [4.78, 5) is 34.5. The highest BCUT2D eigenvalue weighted by Crippen LogP contribution is 2.28. The van der Waals surface area contributed by atoms with Crippen LogP contribution in [0, 0.1) is 5.92 Å². The van der Waals surface area contributed by atoms with E-state index in [0.717, 1.165) is 24.8 Å². The Morgan fingerprint density at radius 3 is 2.37 bits per heavy atom. The Bertz CT molecular complexity index is 636. The third-order valence-corrected chi connectivity index (χ3v) is 5.14. The van der Waals surface area contributed by atoms with Gasteiger partial charge in [0.25, 0.3) is 5.91 Å². The number of nitrogens with one attached hydrogen (secondary N) is 2. The molecule has 27 heavy (non-hydrogen) atoms. The fraction of sp³-hybridized carbons (Fsp3) is 0.571. The molecule has 1 aromatic rings. The van der Waals surface area contributed by atoms with Gasteiger partial charge >= 0.3 is 5.97 Å². The number of carbonyl (C=O) groups excluding carboxylic acids is 2. The molecule has 148 valence electrons. The normalized spacial score (nSPS) is 15.7. The fourth-order valence-electron chi connectivity index (χ4n) is 3.64. The van der Waals surface area contributed by atoms with Crippen molar-refractivity contribution in [3.63, 3.8) is 0 Å². The Balaban J connectivity index is 1.94. The van der Waals surface area contributed by atoms with Gasteiger partial charge in [-0.1, -0.05) is 44.2 Å². The fourth-order valence-corrected chi connectivity index (χ4v) is 3.64. The van der Waals surface area contributed by atoms with Gasteiger partial charge in [0.15, 0.2) is 0 Å². The van der Waals surface area contributed by atoms with Crippen molar-refractivity contribution in [2.75, 3.05) is 0 Å². The second kappa shape index (κ2) is 10.7. The van der Waals surface area contributed by atoms with E-state index >= 15 is 0 Å². The molecule has 0 saturated heterocycles. The predicted molar refractivity (Wildman–Crippen MR) is 103 cm³/mol. The summed E-state index contributed by atoms with van der Waals surface area (Å²) in [6, 6.07) is 7.00.